The van der Waals surface area contributed by atoms with Gasteiger partial charge in [0, 0.05) is 35.3 Å². The molecule has 0 radical (unpaired) electrons. The highest BCUT2D eigenvalue weighted by atomic mass is 16.2. The van der Waals surface area contributed by atoms with Crippen LogP contribution in [0.25, 0.3) is 16.7 Å². The molecule has 2 heterocycles. The number of fused-ring (bicyclic) bond motifs is 1. The van der Waals surface area contributed by atoms with Gasteiger partial charge in [0.05, 0.1) is 5.39 Å². The van der Waals surface area contributed by atoms with E-state index in [2.05, 4.69) is 28.7 Å². The number of nitrogens with zero attached hydrogens (tertiary/aromatic N) is 2. The molecule has 0 saturated heterocycles. The summed E-state index contributed by atoms with van der Waals surface area (Å²) < 4.78 is 1.77. The van der Waals surface area contributed by atoms with Gasteiger partial charge in [-0.2, -0.15) is 0 Å². The summed E-state index contributed by atoms with van der Waals surface area (Å²) in [6.07, 6.45) is 12.5. The third-order valence-electron chi connectivity index (χ3n) is 5.08. The molecule has 5 heteroatoms. The van der Waals surface area contributed by atoms with E-state index in [1.54, 1.807) is 35.2 Å². The second-order valence-electron chi connectivity index (χ2n) is 7.52. The van der Waals surface area contributed by atoms with Crippen LogP contribution in [0.5, 0.6) is 0 Å². The van der Waals surface area contributed by atoms with Gasteiger partial charge in [-0.15, -0.1) is 0 Å². The van der Waals surface area contributed by atoms with Crippen LogP contribution in [0.3, 0.4) is 0 Å². The number of allylic oxidation sites excluding steroid dienone is 5. The van der Waals surface area contributed by atoms with Gasteiger partial charge in [0.15, 0.2) is 0 Å². The number of carbonyl (C=O) groups excluding carboxylic acids is 1. The fourth-order valence-corrected chi connectivity index (χ4v) is 3.25. The minimum atomic E-state index is -0.349. The number of amides is 1. The lowest BCUT2D eigenvalue weighted by Gasteiger charge is -2.13. The quantitative estimate of drug-likeness (QED) is 0.493. The van der Waals surface area contributed by atoms with Crippen molar-refractivity contribution in [2.45, 2.75) is 25.8 Å². The average molecular weight is 422 g/mol. The molecule has 0 atom stereocenters. The summed E-state index contributed by atoms with van der Waals surface area (Å²) in [7, 11) is 0. The molecule has 1 aliphatic carbocycles. The van der Waals surface area contributed by atoms with E-state index in [4.69, 9.17) is 0 Å². The Morgan fingerprint density at radius 3 is 2.88 bits per heavy atom. The molecule has 1 amide bonds. The monoisotopic (exact) mass is 421 g/mol. The standard InChI is InChI=1S/C27H23N3O2/c1-3-5-8-19(4-2)12-13-20-9-6-10-22(17-20)30-18-24(27(32)29-21-14-15-21)25(31)23-11-7-16-28-26(23)30/h3-11,16-18,21H,2,14-15H2,1H3,(H,29,32)/b5-3-,19-8+. The van der Waals surface area contributed by atoms with Crippen molar-refractivity contribution in [1.29, 1.82) is 0 Å². The Morgan fingerprint density at radius 1 is 1.28 bits per heavy atom. The Bertz CT molecular complexity index is 1380. The van der Waals surface area contributed by atoms with E-state index >= 15 is 0 Å². The van der Waals surface area contributed by atoms with Crippen LogP contribution in [0.4, 0.5) is 0 Å². The third-order valence-corrected chi connectivity index (χ3v) is 5.08. The fourth-order valence-electron chi connectivity index (χ4n) is 3.25. The first-order valence-electron chi connectivity index (χ1n) is 10.5. The van der Waals surface area contributed by atoms with Crippen molar-refractivity contribution in [2.75, 3.05) is 0 Å². The fraction of sp³-hybridized carbons (Fsp3) is 0.148. The highest BCUT2D eigenvalue weighted by Crippen LogP contribution is 2.20. The van der Waals surface area contributed by atoms with E-state index in [1.807, 2.05) is 49.4 Å². The molecule has 0 aliphatic heterocycles. The number of hydrogen-bond donors (Lipinski definition) is 1. The molecular formula is C27H23N3O2. The van der Waals surface area contributed by atoms with Crippen molar-refractivity contribution < 1.29 is 4.79 Å². The number of carbonyl (C=O) groups is 1. The first-order chi connectivity index (χ1) is 15.6. The van der Waals surface area contributed by atoms with Crippen LogP contribution in [0.2, 0.25) is 0 Å². The highest BCUT2D eigenvalue weighted by Gasteiger charge is 2.26. The van der Waals surface area contributed by atoms with E-state index in [0.717, 1.165) is 29.7 Å². The summed E-state index contributed by atoms with van der Waals surface area (Å²) in [4.78, 5) is 30.1. The summed E-state index contributed by atoms with van der Waals surface area (Å²) in [6.45, 7) is 5.74. The van der Waals surface area contributed by atoms with Gasteiger partial charge in [-0.1, -0.05) is 42.7 Å². The average Bonchev–Trinajstić information content (AvgIpc) is 3.64. The van der Waals surface area contributed by atoms with Crippen molar-refractivity contribution in [3.8, 4) is 17.5 Å². The number of aromatic nitrogens is 2. The van der Waals surface area contributed by atoms with Gasteiger partial charge in [0.2, 0.25) is 5.43 Å². The minimum Gasteiger partial charge on any atom is -0.349 e. The zero-order valence-corrected chi connectivity index (χ0v) is 17.8. The molecule has 32 heavy (non-hydrogen) atoms. The van der Waals surface area contributed by atoms with E-state index in [9.17, 15) is 9.59 Å². The van der Waals surface area contributed by atoms with E-state index < -0.39 is 0 Å². The predicted molar refractivity (Wildman–Crippen MR) is 128 cm³/mol. The van der Waals surface area contributed by atoms with Crippen molar-refractivity contribution in [1.82, 2.24) is 14.9 Å². The van der Waals surface area contributed by atoms with Gasteiger partial charge in [-0.3, -0.25) is 9.59 Å². The van der Waals surface area contributed by atoms with Gasteiger partial charge >= 0.3 is 0 Å². The Labute approximate surface area is 186 Å². The van der Waals surface area contributed by atoms with Gasteiger partial charge in [-0.25, -0.2) is 4.98 Å². The van der Waals surface area contributed by atoms with Gasteiger partial charge < -0.3 is 9.88 Å². The third kappa shape index (κ3) is 4.60. The zero-order chi connectivity index (χ0) is 22.5. The Balaban J connectivity index is 1.81. The molecule has 1 aliphatic rings. The summed E-state index contributed by atoms with van der Waals surface area (Å²) in [5, 5.41) is 3.30. The molecular weight excluding hydrogens is 398 g/mol. The lowest BCUT2D eigenvalue weighted by atomic mass is 10.1. The van der Waals surface area contributed by atoms with Crippen molar-refractivity contribution in [3.63, 3.8) is 0 Å². The number of benzene rings is 1. The summed E-state index contributed by atoms with van der Waals surface area (Å²) in [5.41, 5.74) is 2.65. The molecule has 1 saturated carbocycles. The van der Waals surface area contributed by atoms with Crippen LogP contribution < -0.4 is 10.7 Å². The number of nitrogens with one attached hydrogen (secondary N) is 1. The maximum atomic E-state index is 13.0. The second-order valence-corrected chi connectivity index (χ2v) is 7.52. The Kier molecular flexibility index (Phi) is 6.14. The smallest absolute Gasteiger partial charge is 0.257 e. The molecule has 3 aromatic rings. The molecule has 5 nitrogen and oxygen atoms in total. The van der Waals surface area contributed by atoms with Gasteiger partial charge in [0.25, 0.3) is 5.91 Å². The number of hydrogen-bond acceptors (Lipinski definition) is 3. The van der Waals surface area contributed by atoms with E-state index in [-0.39, 0.29) is 22.9 Å². The molecule has 158 valence electrons. The molecule has 0 unspecified atom stereocenters. The van der Waals surface area contributed by atoms with Gasteiger partial charge in [-0.05, 0) is 56.2 Å². The first-order valence-corrected chi connectivity index (χ1v) is 10.5. The van der Waals surface area contributed by atoms with E-state index in [1.165, 1.54) is 0 Å². The van der Waals surface area contributed by atoms with Crippen molar-refractivity contribution in [3.05, 3.63) is 107 Å². The Hall–Kier alpha value is -4.17. The first kappa shape index (κ1) is 21.1. The lowest BCUT2D eigenvalue weighted by molar-refractivity contribution is 0.0949. The van der Waals surface area contributed by atoms with Gasteiger partial charge in [0.1, 0.15) is 11.2 Å². The molecule has 1 N–H and O–H groups in total. The van der Waals surface area contributed by atoms with Crippen molar-refractivity contribution >= 4 is 16.9 Å². The molecule has 0 spiro atoms. The number of pyridine rings is 2. The van der Waals surface area contributed by atoms with Crippen molar-refractivity contribution in [2.24, 2.45) is 0 Å². The van der Waals surface area contributed by atoms with E-state index in [0.29, 0.717) is 11.0 Å². The molecule has 1 fully saturated rings. The van der Waals surface area contributed by atoms with Crippen LogP contribution >= 0.6 is 0 Å². The van der Waals surface area contributed by atoms with Crippen LogP contribution in [-0.2, 0) is 0 Å². The highest BCUT2D eigenvalue weighted by molar-refractivity contribution is 5.97. The maximum absolute atomic E-state index is 13.0. The largest absolute Gasteiger partial charge is 0.349 e. The van der Waals surface area contributed by atoms with Crippen LogP contribution in [0.15, 0.2) is 90.0 Å². The SMILES string of the molecule is C=C/C(C#Cc1cccc(-n2cc(C(=O)NC3CC3)c(=O)c3cccnc32)c1)=C\C=C/C. The molecule has 1 aromatic carbocycles. The number of rotatable bonds is 5. The Morgan fingerprint density at radius 2 is 2.12 bits per heavy atom. The minimum absolute atomic E-state index is 0.108. The summed E-state index contributed by atoms with van der Waals surface area (Å²) in [6, 6.07) is 11.2. The van der Waals surface area contributed by atoms with Crippen LogP contribution in [0, 0.1) is 11.8 Å². The molecule has 4 rings (SSSR count). The van der Waals surface area contributed by atoms with Crippen LogP contribution in [-0.4, -0.2) is 21.5 Å². The zero-order valence-electron chi connectivity index (χ0n) is 17.8. The second kappa shape index (κ2) is 9.32. The summed E-state index contributed by atoms with van der Waals surface area (Å²) in [5.74, 6) is 5.90. The molecule has 2 aromatic heterocycles. The maximum Gasteiger partial charge on any atom is 0.257 e. The summed E-state index contributed by atoms with van der Waals surface area (Å²) >= 11 is 0. The molecule has 0 bridgehead atoms. The normalized spacial score (nSPS) is 13.6. The topological polar surface area (TPSA) is 64.0 Å². The van der Waals surface area contributed by atoms with Crippen LogP contribution in [0.1, 0.15) is 35.7 Å². The lowest BCUT2D eigenvalue weighted by Crippen LogP contribution is -2.31. The predicted octanol–water partition coefficient (Wildman–Crippen LogP) is 4.32.